The molecule has 2 aromatic carbocycles. The summed E-state index contributed by atoms with van der Waals surface area (Å²) in [5.41, 5.74) is 10.2. The normalized spacial score (nSPS) is 15.5. The fourth-order valence-electron chi connectivity index (χ4n) is 4.48. The smallest absolute Gasteiger partial charge is 0.418 e. The van der Waals surface area contributed by atoms with Gasteiger partial charge in [-0.3, -0.25) is 9.59 Å². The first-order valence-corrected chi connectivity index (χ1v) is 11.8. The van der Waals surface area contributed by atoms with Crippen LogP contribution in [0.3, 0.4) is 0 Å². The minimum Gasteiger partial charge on any atom is -0.436 e. The summed E-state index contributed by atoms with van der Waals surface area (Å²) in [6.45, 7) is 0.514. The third-order valence-electron chi connectivity index (χ3n) is 6.45. The maximum atomic E-state index is 13.3. The summed E-state index contributed by atoms with van der Waals surface area (Å²) in [6.07, 6.45) is -6.55. The maximum Gasteiger partial charge on any atom is 0.418 e. The van der Waals surface area contributed by atoms with Gasteiger partial charge in [-0.2, -0.15) is 13.2 Å². The molecule has 8 nitrogen and oxygen atoms in total. The zero-order valence-corrected chi connectivity index (χ0v) is 20.2. The Kier molecular flexibility index (Phi) is 7.35. The number of carbonyl (C=O) groups excluding carboxylic acids is 2. The highest BCUT2D eigenvalue weighted by Crippen LogP contribution is 2.38. The molecule has 1 aliphatic heterocycles. The van der Waals surface area contributed by atoms with Crippen molar-refractivity contribution in [2.45, 2.75) is 37.5 Å². The van der Waals surface area contributed by atoms with Crippen molar-refractivity contribution in [3.8, 4) is 0 Å². The van der Waals surface area contributed by atoms with Gasteiger partial charge in [-0.25, -0.2) is 4.79 Å². The Morgan fingerprint density at radius 1 is 1.16 bits per heavy atom. The van der Waals surface area contributed by atoms with Crippen LogP contribution < -0.4 is 17.0 Å². The third-order valence-corrected chi connectivity index (χ3v) is 6.76. The Labute approximate surface area is 214 Å². The predicted molar refractivity (Wildman–Crippen MR) is 132 cm³/mol. The highest BCUT2D eigenvalue weighted by molar-refractivity contribution is 6.33. The number of benzene rings is 2. The molecule has 1 atom stereocenters. The van der Waals surface area contributed by atoms with E-state index in [9.17, 15) is 27.6 Å². The Hall–Kier alpha value is -3.73. The van der Waals surface area contributed by atoms with Gasteiger partial charge in [0.2, 0.25) is 0 Å². The number of ether oxygens (including phenoxy) is 1. The molecule has 0 radical (unpaired) electrons. The lowest BCUT2D eigenvalue weighted by Crippen LogP contribution is -2.43. The number of H-pyrrole nitrogens is 1. The van der Waals surface area contributed by atoms with Gasteiger partial charge in [-0.05, 0) is 54.0 Å². The molecule has 0 saturated carbocycles. The van der Waals surface area contributed by atoms with Crippen molar-refractivity contribution in [3.63, 3.8) is 0 Å². The molecule has 0 bridgehead atoms. The first-order chi connectivity index (χ1) is 17.4. The van der Waals surface area contributed by atoms with Gasteiger partial charge in [0.05, 0.1) is 16.3 Å². The minimum atomic E-state index is -4.76. The lowest BCUT2D eigenvalue weighted by Gasteiger charge is -2.32. The van der Waals surface area contributed by atoms with E-state index in [0.717, 1.165) is 17.0 Å². The molecular formula is C25H24ClF3N4O4. The van der Waals surface area contributed by atoms with Crippen molar-refractivity contribution in [1.82, 2.24) is 9.88 Å². The van der Waals surface area contributed by atoms with Crippen LogP contribution in [0.1, 0.15) is 35.4 Å². The van der Waals surface area contributed by atoms with E-state index in [1.165, 1.54) is 11.0 Å². The van der Waals surface area contributed by atoms with E-state index in [2.05, 4.69) is 4.98 Å². The summed E-state index contributed by atoms with van der Waals surface area (Å²) in [5, 5.41) is 0.560. The first kappa shape index (κ1) is 26.3. The zero-order chi connectivity index (χ0) is 26.9. The van der Waals surface area contributed by atoms with Crippen LogP contribution in [0.4, 0.5) is 23.7 Å². The van der Waals surface area contributed by atoms with Crippen LogP contribution in [-0.2, 0) is 22.1 Å². The number of pyridine rings is 1. The molecule has 0 aliphatic carbocycles. The van der Waals surface area contributed by atoms with Gasteiger partial charge in [0.25, 0.3) is 11.5 Å². The minimum absolute atomic E-state index is 0.0163. The molecule has 12 heteroatoms. The van der Waals surface area contributed by atoms with Gasteiger partial charge < -0.3 is 26.1 Å². The molecule has 196 valence electrons. The fourth-order valence-corrected chi connectivity index (χ4v) is 4.72. The number of anilines is 1. The van der Waals surface area contributed by atoms with Crippen LogP contribution in [0.25, 0.3) is 10.9 Å². The lowest BCUT2D eigenvalue weighted by atomic mass is 9.89. The number of aromatic amines is 1. The van der Waals surface area contributed by atoms with Crippen LogP contribution in [0.15, 0.2) is 47.3 Å². The highest BCUT2D eigenvalue weighted by Gasteiger charge is 2.35. The standard InChI is InChI=1S/C25H24ClF3N4O4/c26-18-10-13(9-17(21(18)30)25(27,28)29)11-20(22(31)34)37-24(36)33-7-5-14(6-8-33)16-12-15-3-1-2-4-19(15)32-23(16)35/h1-4,9-10,12,14,20H,5-8,11,30H2,(H2,31,34)(H,32,35)/t20-/m1/s1. The van der Waals surface area contributed by atoms with Gasteiger partial charge in [-0.15, -0.1) is 0 Å². The second kappa shape index (κ2) is 10.3. The predicted octanol–water partition coefficient (Wildman–Crippen LogP) is 4.20. The number of para-hydroxylation sites is 1. The number of rotatable bonds is 5. The SMILES string of the molecule is NC(=O)[C@@H](Cc1cc(Cl)c(N)c(C(F)(F)F)c1)OC(=O)N1CCC(c2cc3ccccc3[nH]c2=O)CC1. The Morgan fingerprint density at radius 3 is 2.49 bits per heavy atom. The largest absolute Gasteiger partial charge is 0.436 e. The summed E-state index contributed by atoms with van der Waals surface area (Å²) in [5.74, 6) is -1.10. The number of halogens is 4. The lowest BCUT2D eigenvalue weighted by molar-refractivity contribution is -0.137. The molecular weight excluding hydrogens is 513 g/mol. The number of nitrogens with one attached hydrogen (secondary N) is 1. The number of hydrogen-bond acceptors (Lipinski definition) is 5. The van der Waals surface area contributed by atoms with Crippen LogP contribution in [0.2, 0.25) is 5.02 Å². The molecule has 0 spiro atoms. The molecule has 1 saturated heterocycles. The van der Waals surface area contributed by atoms with E-state index >= 15 is 0 Å². The van der Waals surface area contributed by atoms with Crippen LogP contribution >= 0.6 is 11.6 Å². The molecule has 3 aromatic rings. The monoisotopic (exact) mass is 536 g/mol. The average molecular weight is 537 g/mol. The van der Waals surface area contributed by atoms with Crippen molar-refractivity contribution < 1.29 is 27.5 Å². The molecule has 2 heterocycles. The number of aromatic nitrogens is 1. The molecule has 2 amide bonds. The molecule has 4 rings (SSSR count). The average Bonchev–Trinajstić information content (AvgIpc) is 2.84. The summed E-state index contributed by atoms with van der Waals surface area (Å²) >= 11 is 5.84. The molecule has 1 aromatic heterocycles. The number of amides is 2. The topological polar surface area (TPSA) is 132 Å². The maximum absolute atomic E-state index is 13.3. The number of likely N-dealkylation sites (tertiary alicyclic amines) is 1. The summed E-state index contributed by atoms with van der Waals surface area (Å²) < 4.78 is 45.1. The third kappa shape index (κ3) is 5.82. The van der Waals surface area contributed by atoms with Gasteiger partial charge in [0, 0.05) is 30.6 Å². The second-order valence-corrected chi connectivity index (χ2v) is 9.33. The quantitative estimate of drug-likeness (QED) is 0.421. The Bertz CT molecular complexity index is 1400. The van der Waals surface area contributed by atoms with Crippen LogP contribution in [-0.4, -0.2) is 41.1 Å². The van der Waals surface area contributed by atoms with Crippen molar-refractivity contribution in [2.24, 2.45) is 5.73 Å². The number of fused-ring (bicyclic) bond motifs is 1. The molecule has 0 unspecified atom stereocenters. The summed E-state index contributed by atoms with van der Waals surface area (Å²) in [7, 11) is 0. The first-order valence-electron chi connectivity index (χ1n) is 11.5. The molecule has 5 N–H and O–H groups in total. The molecule has 1 aliphatic rings. The van der Waals surface area contributed by atoms with Gasteiger partial charge in [0.1, 0.15) is 0 Å². The summed E-state index contributed by atoms with van der Waals surface area (Å²) in [4.78, 5) is 41.5. The van der Waals surface area contributed by atoms with Crippen LogP contribution in [0.5, 0.6) is 0 Å². The molecule has 1 fully saturated rings. The number of carbonyl (C=O) groups is 2. The number of alkyl halides is 3. The number of nitrogens with zero attached hydrogens (tertiary/aromatic N) is 1. The Morgan fingerprint density at radius 2 is 1.84 bits per heavy atom. The number of primary amides is 1. The van der Waals surface area contributed by atoms with E-state index in [4.69, 9.17) is 27.8 Å². The van der Waals surface area contributed by atoms with E-state index in [1.807, 2.05) is 30.3 Å². The van der Waals surface area contributed by atoms with Crippen LogP contribution in [0, 0.1) is 0 Å². The number of hydrogen-bond donors (Lipinski definition) is 3. The summed E-state index contributed by atoms with van der Waals surface area (Å²) in [6, 6.07) is 11.2. The van der Waals surface area contributed by atoms with Gasteiger partial charge >= 0.3 is 12.3 Å². The van der Waals surface area contributed by atoms with E-state index < -0.39 is 42.0 Å². The van der Waals surface area contributed by atoms with Crippen molar-refractivity contribution in [1.29, 1.82) is 0 Å². The number of nitrogens with two attached hydrogens (primary N) is 2. The Balaban J connectivity index is 1.42. The van der Waals surface area contributed by atoms with E-state index in [1.54, 1.807) is 0 Å². The van der Waals surface area contributed by atoms with Gasteiger partial charge in [0.15, 0.2) is 6.10 Å². The van der Waals surface area contributed by atoms with Gasteiger partial charge in [-0.1, -0.05) is 29.8 Å². The highest BCUT2D eigenvalue weighted by atomic mass is 35.5. The number of nitrogen functional groups attached to an aromatic ring is 1. The van der Waals surface area contributed by atoms with E-state index in [-0.39, 0.29) is 35.2 Å². The fraction of sp³-hybridized carbons (Fsp3) is 0.320. The van der Waals surface area contributed by atoms with E-state index in [0.29, 0.717) is 18.4 Å². The van der Waals surface area contributed by atoms with Crippen molar-refractivity contribution >= 4 is 40.2 Å². The second-order valence-electron chi connectivity index (χ2n) is 8.92. The van der Waals surface area contributed by atoms with Crippen molar-refractivity contribution in [3.05, 3.63) is 74.5 Å². The number of piperidine rings is 1. The van der Waals surface area contributed by atoms with Crippen molar-refractivity contribution in [2.75, 3.05) is 18.8 Å². The molecule has 37 heavy (non-hydrogen) atoms. The zero-order valence-electron chi connectivity index (χ0n) is 19.5.